The summed E-state index contributed by atoms with van der Waals surface area (Å²) in [5, 5.41) is 40.7. The van der Waals surface area contributed by atoms with Crippen molar-refractivity contribution in [3.8, 4) is 11.8 Å². The third-order valence-corrected chi connectivity index (χ3v) is 4.46. The van der Waals surface area contributed by atoms with E-state index >= 15 is 0 Å². The lowest BCUT2D eigenvalue weighted by Crippen LogP contribution is -2.46. The molecule has 2 unspecified atom stereocenters. The van der Waals surface area contributed by atoms with Gasteiger partial charge in [-0.05, 0) is 31.2 Å². The Kier molecular flexibility index (Phi) is 10.1. The van der Waals surface area contributed by atoms with Crippen molar-refractivity contribution in [2.75, 3.05) is 13.2 Å². The Balaban J connectivity index is 0.000000641. The van der Waals surface area contributed by atoms with E-state index in [0.29, 0.717) is 17.0 Å². The maximum Gasteiger partial charge on any atom is 0.414 e. The number of para-hydroxylation sites is 2. The van der Waals surface area contributed by atoms with Crippen molar-refractivity contribution in [1.29, 1.82) is 5.26 Å². The number of aliphatic hydroxyl groups excluding tert-OH is 1. The van der Waals surface area contributed by atoms with Crippen LogP contribution in [0.15, 0.2) is 60.7 Å². The molecule has 0 aliphatic rings. The molecule has 1 aromatic heterocycles. The molecule has 0 saturated heterocycles. The SMILES string of the molecule is CC(NCC(O)COc1ccccc1C#N)NC(=O)c1ccc2ccccc2n1.O=C(O)C(=O)O. The predicted molar refractivity (Wildman–Crippen MR) is 125 cm³/mol. The average Bonchev–Trinajstić information content (AvgIpc) is 2.86. The van der Waals surface area contributed by atoms with Crippen molar-refractivity contribution in [2.45, 2.75) is 19.2 Å². The number of carboxylic acid groups (broad SMARTS) is 2. The summed E-state index contributed by atoms with van der Waals surface area (Å²) in [7, 11) is 0. The van der Waals surface area contributed by atoms with Crippen LogP contribution in [0.1, 0.15) is 23.0 Å². The third-order valence-electron chi connectivity index (χ3n) is 4.46. The summed E-state index contributed by atoms with van der Waals surface area (Å²) in [6.07, 6.45) is -1.18. The van der Waals surface area contributed by atoms with Gasteiger partial charge in [-0.15, -0.1) is 0 Å². The Morgan fingerprint density at radius 1 is 1.03 bits per heavy atom. The molecular weight excluding hydrogens is 456 g/mol. The monoisotopic (exact) mass is 480 g/mol. The highest BCUT2D eigenvalue weighted by atomic mass is 16.5. The second-order valence-corrected chi connectivity index (χ2v) is 7.18. The second-order valence-electron chi connectivity index (χ2n) is 7.18. The fraction of sp³-hybridized carbons (Fsp3) is 0.208. The number of carbonyl (C=O) groups is 3. The van der Waals surface area contributed by atoms with Crippen molar-refractivity contribution in [3.63, 3.8) is 0 Å². The standard InChI is InChI=1S/C22H22N4O3.C2H2O4/c1-15(24-13-18(27)14-29-21-9-5-3-7-17(21)12-23)25-22(28)20-11-10-16-6-2-4-8-19(16)26-20;3-1(4)2(5)6/h2-11,15,18,24,27H,13-14H2,1H3,(H,25,28);(H,3,4)(H,5,6). The molecule has 3 aromatic rings. The molecule has 0 saturated carbocycles. The zero-order chi connectivity index (χ0) is 25.8. The molecule has 0 aliphatic carbocycles. The zero-order valence-corrected chi connectivity index (χ0v) is 18.7. The number of nitrogens with one attached hydrogen (secondary N) is 2. The number of nitrogens with zero attached hydrogens (tertiary/aromatic N) is 2. The summed E-state index contributed by atoms with van der Waals surface area (Å²) in [4.78, 5) is 35.0. The van der Waals surface area contributed by atoms with Gasteiger partial charge in [-0.2, -0.15) is 5.26 Å². The minimum Gasteiger partial charge on any atom is -0.489 e. The molecule has 35 heavy (non-hydrogen) atoms. The number of hydrogen-bond donors (Lipinski definition) is 5. The largest absolute Gasteiger partial charge is 0.489 e. The summed E-state index contributed by atoms with van der Waals surface area (Å²) in [6.45, 7) is 2.01. The van der Waals surface area contributed by atoms with E-state index in [4.69, 9.17) is 29.8 Å². The Morgan fingerprint density at radius 3 is 2.37 bits per heavy atom. The third kappa shape index (κ3) is 8.73. The number of carboxylic acids is 2. The predicted octanol–water partition coefficient (Wildman–Crippen LogP) is 1.37. The van der Waals surface area contributed by atoms with Gasteiger partial charge in [-0.3, -0.25) is 10.1 Å². The van der Waals surface area contributed by atoms with Crippen LogP contribution < -0.4 is 15.4 Å². The van der Waals surface area contributed by atoms with Crippen molar-refractivity contribution in [2.24, 2.45) is 0 Å². The molecule has 0 bridgehead atoms. The number of fused-ring (bicyclic) bond motifs is 1. The Hall–Kier alpha value is -4.53. The molecule has 2 atom stereocenters. The van der Waals surface area contributed by atoms with E-state index in [9.17, 15) is 9.90 Å². The van der Waals surface area contributed by atoms with Crippen LogP contribution in [0.4, 0.5) is 0 Å². The first-order valence-corrected chi connectivity index (χ1v) is 10.4. The summed E-state index contributed by atoms with van der Waals surface area (Å²) in [6, 6.07) is 20.0. The number of rotatable bonds is 8. The van der Waals surface area contributed by atoms with Crippen molar-refractivity contribution >= 4 is 28.7 Å². The van der Waals surface area contributed by atoms with E-state index in [1.807, 2.05) is 36.4 Å². The molecule has 11 nitrogen and oxygen atoms in total. The fourth-order valence-electron chi connectivity index (χ4n) is 2.76. The zero-order valence-electron chi connectivity index (χ0n) is 18.7. The van der Waals surface area contributed by atoms with Crippen LogP contribution in [-0.4, -0.2) is 63.6 Å². The Labute approximate surface area is 200 Å². The number of benzene rings is 2. The average molecular weight is 480 g/mol. The van der Waals surface area contributed by atoms with E-state index in [-0.39, 0.29) is 25.2 Å². The van der Waals surface area contributed by atoms with Gasteiger partial charge in [0.1, 0.15) is 30.2 Å². The molecular formula is C24H24N4O7. The first-order valence-electron chi connectivity index (χ1n) is 10.4. The maximum absolute atomic E-state index is 12.4. The van der Waals surface area contributed by atoms with Crippen LogP contribution in [0.3, 0.4) is 0 Å². The van der Waals surface area contributed by atoms with Gasteiger partial charge in [0.05, 0.1) is 17.2 Å². The van der Waals surface area contributed by atoms with Gasteiger partial charge in [0.25, 0.3) is 5.91 Å². The highest BCUT2D eigenvalue weighted by Crippen LogP contribution is 2.16. The quantitative estimate of drug-likeness (QED) is 0.233. The molecule has 0 fully saturated rings. The first-order chi connectivity index (χ1) is 16.7. The molecule has 2 aromatic carbocycles. The molecule has 1 heterocycles. The first kappa shape index (κ1) is 26.7. The highest BCUT2D eigenvalue weighted by molar-refractivity contribution is 6.27. The number of ether oxygens (including phenoxy) is 1. The van der Waals surface area contributed by atoms with Gasteiger partial charge >= 0.3 is 11.9 Å². The van der Waals surface area contributed by atoms with Gasteiger partial charge < -0.3 is 25.4 Å². The van der Waals surface area contributed by atoms with Gasteiger partial charge in [0.2, 0.25) is 0 Å². The number of aliphatic hydroxyl groups is 1. The molecule has 0 radical (unpaired) electrons. The molecule has 3 rings (SSSR count). The van der Waals surface area contributed by atoms with Gasteiger partial charge in [0.15, 0.2) is 0 Å². The van der Waals surface area contributed by atoms with Crippen LogP contribution in [0.5, 0.6) is 5.75 Å². The van der Waals surface area contributed by atoms with Crippen LogP contribution in [0.25, 0.3) is 10.9 Å². The molecule has 182 valence electrons. The Bertz CT molecular complexity index is 1210. The van der Waals surface area contributed by atoms with Crippen LogP contribution in [0, 0.1) is 11.3 Å². The summed E-state index contributed by atoms with van der Waals surface area (Å²) >= 11 is 0. The number of pyridine rings is 1. The second kappa shape index (κ2) is 13.2. The van der Waals surface area contributed by atoms with Gasteiger partial charge in [-0.1, -0.05) is 36.4 Å². The minimum absolute atomic E-state index is 0.0264. The fourth-order valence-corrected chi connectivity index (χ4v) is 2.76. The van der Waals surface area contributed by atoms with Crippen LogP contribution >= 0.6 is 0 Å². The summed E-state index contributed by atoms with van der Waals surface area (Å²) in [5.41, 5.74) is 1.50. The number of nitriles is 1. The summed E-state index contributed by atoms with van der Waals surface area (Å²) in [5.74, 6) is -3.52. The van der Waals surface area contributed by atoms with E-state index < -0.39 is 18.0 Å². The minimum atomic E-state index is -1.82. The molecule has 11 heteroatoms. The lowest BCUT2D eigenvalue weighted by atomic mass is 10.2. The topological polar surface area (TPSA) is 182 Å². The molecule has 0 aliphatic heterocycles. The lowest BCUT2D eigenvalue weighted by Gasteiger charge is -2.19. The van der Waals surface area contributed by atoms with Crippen LogP contribution in [0.2, 0.25) is 0 Å². The smallest absolute Gasteiger partial charge is 0.414 e. The van der Waals surface area contributed by atoms with Crippen molar-refractivity contribution in [1.82, 2.24) is 15.6 Å². The maximum atomic E-state index is 12.4. The van der Waals surface area contributed by atoms with Crippen LogP contribution in [-0.2, 0) is 9.59 Å². The summed E-state index contributed by atoms with van der Waals surface area (Å²) < 4.78 is 5.50. The number of carbonyl (C=O) groups excluding carboxylic acids is 1. The van der Waals surface area contributed by atoms with Gasteiger partial charge in [-0.25, -0.2) is 14.6 Å². The van der Waals surface area contributed by atoms with E-state index in [1.165, 1.54) is 0 Å². The number of aromatic nitrogens is 1. The number of hydrogen-bond acceptors (Lipinski definition) is 8. The normalized spacial score (nSPS) is 11.8. The molecule has 1 amide bonds. The molecule has 0 spiro atoms. The number of amides is 1. The van der Waals surface area contributed by atoms with Gasteiger partial charge in [0, 0.05) is 11.9 Å². The van der Waals surface area contributed by atoms with E-state index in [1.54, 1.807) is 37.3 Å². The van der Waals surface area contributed by atoms with E-state index in [0.717, 1.165) is 10.9 Å². The molecule has 5 N–H and O–H groups in total. The lowest BCUT2D eigenvalue weighted by molar-refractivity contribution is -0.159. The van der Waals surface area contributed by atoms with Crippen molar-refractivity contribution in [3.05, 3.63) is 71.9 Å². The Morgan fingerprint density at radius 2 is 1.69 bits per heavy atom. The van der Waals surface area contributed by atoms with Crippen molar-refractivity contribution < 1.29 is 34.4 Å². The highest BCUT2D eigenvalue weighted by Gasteiger charge is 2.13. The number of aliphatic carboxylic acids is 2. The van der Waals surface area contributed by atoms with E-state index in [2.05, 4.69) is 15.6 Å².